The minimum Gasteiger partial charge on any atom is -0.483 e. The quantitative estimate of drug-likeness (QED) is 0.776. The Morgan fingerprint density at radius 1 is 1.31 bits per heavy atom. The van der Waals surface area contributed by atoms with Crippen LogP contribution in [0, 0.1) is 0 Å². The molecule has 1 aliphatic rings. The Balaban J connectivity index is 2.21. The molecule has 0 aromatic heterocycles. The summed E-state index contributed by atoms with van der Waals surface area (Å²) >= 11 is 0. The molecule has 0 N–H and O–H groups in total. The average molecular weight is 218 g/mol. The van der Waals surface area contributed by atoms with Crippen LogP contribution in [-0.2, 0) is 11.2 Å². The third-order valence-corrected chi connectivity index (χ3v) is 2.71. The summed E-state index contributed by atoms with van der Waals surface area (Å²) in [6.45, 7) is 4.88. The van der Waals surface area contributed by atoms with Crippen molar-refractivity contribution in [1.29, 1.82) is 0 Å². The zero-order chi connectivity index (χ0) is 11.6. The Morgan fingerprint density at radius 2 is 2.12 bits per heavy atom. The minimum absolute atomic E-state index is 0.193. The van der Waals surface area contributed by atoms with Crippen LogP contribution in [0.5, 0.6) is 5.75 Å². The van der Waals surface area contributed by atoms with E-state index in [0.717, 1.165) is 24.3 Å². The maximum absolute atomic E-state index is 5.86. The summed E-state index contributed by atoms with van der Waals surface area (Å²) in [5.74, 6) is 0.966. The van der Waals surface area contributed by atoms with E-state index in [1.54, 1.807) is 7.11 Å². The van der Waals surface area contributed by atoms with Crippen molar-refractivity contribution >= 4 is 6.08 Å². The van der Waals surface area contributed by atoms with E-state index in [-0.39, 0.29) is 5.60 Å². The van der Waals surface area contributed by atoms with E-state index in [1.165, 1.54) is 5.56 Å². The molecule has 0 amide bonds. The molecule has 1 heterocycles. The van der Waals surface area contributed by atoms with E-state index in [9.17, 15) is 0 Å². The van der Waals surface area contributed by atoms with Crippen LogP contribution in [0.25, 0.3) is 6.08 Å². The lowest BCUT2D eigenvalue weighted by atomic mass is 10.00. The van der Waals surface area contributed by atoms with Gasteiger partial charge >= 0.3 is 0 Å². The highest BCUT2D eigenvalue weighted by molar-refractivity contribution is 5.61. The fourth-order valence-electron chi connectivity index (χ4n) is 1.80. The van der Waals surface area contributed by atoms with Crippen molar-refractivity contribution < 1.29 is 9.47 Å². The van der Waals surface area contributed by atoms with Crippen molar-refractivity contribution in [2.24, 2.45) is 0 Å². The largest absolute Gasteiger partial charge is 0.483 e. The van der Waals surface area contributed by atoms with Gasteiger partial charge in [0, 0.05) is 12.7 Å². The monoisotopic (exact) mass is 218 g/mol. The third-order valence-electron chi connectivity index (χ3n) is 2.71. The highest BCUT2D eigenvalue weighted by atomic mass is 16.5. The molecule has 0 atom stereocenters. The minimum atomic E-state index is -0.193. The second kappa shape index (κ2) is 4.30. The van der Waals surface area contributed by atoms with Gasteiger partial charge in [-0.3, -0.25) is 0 Å². The lowest BCUT2D eigenvalue weighted by Crippen LogP contribution is -2.27. The van der Waals surface area contributed by atoms with Gasteiger partial charge in [0.2, 0.25) is 0 Å². The highest BCUT2D eigenvalue weighted by Crippen LogP contribution is 2.31. The van der Waals surface area contributed by atoms with Gasteiger partial charge in [0.25, 0.3) is 0 Å². The molecule has 1 aromatic rings. The predicted molar refractivity (Wildman–Crippen MR) is 65.8 cm³/mol. The molecule has 0 saturated heterocycles. The number of rotatable bonds is 3. The molecule has 0 aliphatic carbocycles. The zero-order valence-corrected chi connectivity index (χ0v) is 10.1. The molecular formula is C14H18O2. The van der Waals surface area contributed by atoms with Gasteiger partial charge in [-0.15, -0.1) is 0 Å². The molecule has 16 heavy (non-hydrogen) atoms. The van der Waals surface area contributed by atoms with E-state index >= 15 is 0 Å². The van der Waals surface area contributed by atoms with Crippen LogP contribution in [-0.4, -0.2) is 19.3 Å². The molecular weight excluding hydrogens is 200 g/mol. The van der Waals surface area contributed by atoms with Crippen LogP contribution in [0.1, 0.15) is 25.0 Å². The zero-order valence-electron chi connectivity index (χ0n) is 10.1. The van der Waals surface area contributed by atoms with E-state index in [2.05, 4.69) is 38.1 Å². The fraction of sp³-hybridized carbons (Fsp3) is 0.429. The summed E-state index contributed by atoms with van der Waals surface area (Å²) in [7, 11) is 1.73. The van der Waals surface area contributed by atoms with Crippen LogP contribution in [0.15, 0.2) is 24.3 Å². The van der Waals surface area contributed by atoms with E-state index in [0.29, 0.717) is 0 Å². The standard InChI is InChI=1S/C14H18O2/c1-14(2)8-6-12-10-11(7-9-15-3)4-5-13(12)16-14/h4-6,8,10H,7,9H2,1-3H3. The first-order chi connectivity index (χ1) is 7.61. The van der Waals surface area contributed by atoms with Gasteiger partial charge in [-0.2, -0.15) is 0 Å². The third kappa shape index (κ3) is 2.45. The maximum Gasteiger partial charge on any atom is 0.127 e. The van der Waals surface area contributed by atoms with Gasteiger partial charge in [0.05, 0.1) is 6.61 Å². The number of hydrogen-bond donors (Lipinski definition) is 0. The van der Waals surface area contributed by atoms with Crippen molar-refractivity contribution in [1.82, 2.24) is 0 Å². The summed E-state index contributed by atoms with van der Waals surface area (Å²) < 4.78 is 10.9. The average Bonchev–Trinajstić information content (AvgIpc) is 2.25. The van der Waals surface area contributed by atoms with Crippen molar-refractivity contribution in [2.45, 2.75) is 25.9 Å². The Labute approximate surface area is 96.9 Å². The first-order valence-electron chi connectivity index (χ1n) is 5.61. The van der Waals surface area contributed by atoms with E-state index < -0.39 is 0 Å². The predicted octanol–water partition coefficient (Wildman–Crippen LogP) is 3.06. The van der Waals surface area contributed by atoms with Gasteiger partial charge in [-0.05, 0) is 44.0 Å². The normalized spacial score (nSPS) is 16.7. The van der Waals surface area contributed by atoms with Crippen LogP contribution >= 0.6 is 0 Å². The topological polar surface area (TPSA) is 18.5 Å². The first-order valence-corrected chi connectivity index (χ1v) is 5.61. The number of hydrogen-bond acceptors (Lipinski definition) is 2. The first kappa shape index (κ1) is 11.2. The molecule has 0 radical (unpaired) electrons. The van der Waals surface area contributed by atoms with E-state index in [1.807, 2.05) is 6.07 Å². The summed E-state index contributed by atoms with van der Waals surface area (Å²) in [6.07, 6.45) is 5.17. The number of benzene rings is 1. The van der Waals surface area contributed by atoms with E-state index in [4.69, 9.17) is 9.47 Å². The van der Waals surface area contributed by atoms with Crippen molar-refractivity contribution in [3.63, 3.8) is 0 Å². The molecule has 0 spiro atoms. The molecule has 86 valence electrons. The summed E-state index contributed by atoms with van der Waals surface area (Å²) in [5.41, 5.74) is 2.25. The molecule has 2 rings (SSSR count). The second-order valence-electron chi connectivity index (χ2n) is 4.65. The lowest BCUT2D eigenvalue weighted by Gasteiger charge is -2.28. The van der Waals surface area contributed by atoms with Crippen LogP contribution in [0.2, 0.25) is 0 Å². The van der Waals surface area contributed by atoms with Crippen LogP contribution in [0.4, 0.5) is 0 Å². The molecule has 2 heteroatoms. The van der Waals surface area contributed by atoms with Crippen LogP contribution in [0.3, 0.4) is 0 Å². The highest BCUT2D eigenvalue weighted by Gasteiger charge is 2.21. The SMILES string of the molecule is COCCc1ccc2c(c1)C=CC(C)(C)O2. The van der Waals surface area contributed by atoms with Crippen LogP contribution < -0.4 is 4.74 Å². The molecule has 1 aromatic carbocycles. The molecule has 0 unspecified atom stereocenters. The lowest BCUT2D eigenvalue weighted by molar-refractivity contribution is 0.159. The number of methoxy groups -OCH3 is 1. The Hall–Kier alpha value is -1.28. The number of ether oxygens (including phenoxy) is 2. The Bertz CT molecular complexity index is 405. The molecule has 1 aliphatic heterocycles. The smallest absolute Gasteiger partial charge is 0.127 e. The number of fused-ring (bicyclic) bond motifs is 1. The van der Waals surface area contributed by atoms with Gasteiger partial charge in [0.15, 0.2) is 0 Å². The Morgan fingerprint density at radius 3 is 2.88 bits per heavy atom. The van der Waals surface area contributed by atoms with Crippen molar-refractivity contribution in [2.75, 3.05) is 13.7 Å². The maximum atomic E-state index is 5.86. The summed E-state index contributed by atoms with van der Waals surface area (Å²) in [5, 5.41) is 0. The molecule has 2 nitrogen and oxygen atoms in total. The van der Waals surface area contributed by atoms with Gasteiger partial charge in [-0.25, -0.2) is 0 Å². The van der Waals surface area contributed by atoms with Crippen molar-refractivity contribution in [3.8, 4) is 5.75 Å². The fourth-order valence-corrected chi connectivity index (χ4v) is 1.80. The van der Waals surface area contributed by atoms with Gasteiger partial charge in [0.1, 0.15) is 11.4 Å². The summed E-state index contributed by atoms with van der Waals surface area (Å²) in [4.78, 5) is 0. The molecule has 0 fully saturated rings. The summed E-state index contributed by atoms with van der Waals surface area (Å²) in [6, 6.07) is 6.32. The Kier molecular flexibility index (Phi) is 3.01. The molecule has 0 saturated carbocycles. The van der Waals surface area contributed by atoms with Crippen molar-refractivity contribution in [3.05, 3.63) is 35.4 Å². The second-order valence-corrected chi connectivity index (χ2v) is 4.65. The molecule has 0 bridgehead atoms. The van der Waals surface area contributed by atoms with Gasteiger partial charge < -0.3 is 9.47 Å². The van der Waals surface area contributed by atoms with Gasteiger partial charge in [-0.1, -0.05) is 12.1 Å².